The summed E-state index contributed by atoms with van der Waals surface area (Å²) in [5, 5.41) is 6.79. The van der Waals surface area contributed by atoms with Crippen LogP contribution in [0.15, 0.2) is 36.8 Å². The van der Waals surface area contributed by atoms with E-state index in [9.17, 15) is 9.18 Å². The number of amides is 1. The van der Waals surface area contributed by atoms with Gasteiger partial charge in [0.05, 0.1) is 5.56 Å². The second kappa shape index (κ2) is 5.90. The predicted molar refractivity (Wildman–Crippen MR) is 63.4 cm³/mol. The van der Waals surface area contributed by atoms with Crippen LogP contribution in [0.5, 0.6) is 0 Å². The smallest absolute Gasteiger partial charge is 0.252 e. The number of carbonyl (C=O) groups excluding carboxylic acids is 1. The molecule has 0 aliphatic rings. The standard InChI is InChI=1S/C12H13FN4O/c13-11-4-3-10(9-15-11)12(18)14-5-1-7-17-8-2-6-16-17/h2-4,6,8-9H,1,5,7H2,(H,14,18). The Hall–Kier alpha value is -2.24. The molecule has 2 heterocycles. The van der Waals surface area contributed by atoms with Crippen molar-refractivity contribution in [2.24, 2.45) is 0 Å². The number of hydrogen-bond acceptors (Lipinski definition) is 3. The van der Waals surface area contributed by atoms with E-state index >= 15 is 0 Å². The van der Waals surface area contributed by atoms with E-state index < -0.39 is 5.95 Å². The Balaban J connectivity index is 1.73. The van der Waals surface area contributed by atoms with Crippen LogP contribution in [0.3, 0.4) is 0 Å². The van der Waals surface area contributed by atoms with Gasteiger partial charge in [-0.15, -0.1) is 0 Å². The van der Waals surface area contributed by atoms with Gasteiger partial charge in [-0.1, -0.05) is 0 Å². The molecule has 1 amide bonds. The largest absolute Gasteiger partial charge is 0.352 e. The Morgan fingerprint density at radius 1 is 1.44 bits per heavy atom. The number of aryl methyl sites for hydroxylation is 1. The van der Waals surface area contributed by atoms with E-state index in [1.54, 1.807) is 10.9 Å². The molecule has 6 heteroatoms. The highest BCUT2D eigenvalue weighted by atomic mass is 19.1. The maximum Gasteiger partial charge on any atom is 0.252 e. The Morgan fingerprint density at radius 2 is 2.33 bits per heavy atom. The molecule has 0 atom stereocenters. The summed E-state index contributed by atoms with van der Waals surface area (Å²) < 4.78 is 14.4. The lowest BCUT2D eigenvalue weighted by Crippen LogP contribution is -2.25. The van der Waals surface area contributed by atoms with Crippen LogP contribution in [0.1, 0.15) is 16.8 Å². The van der Waals surface area contributed by atoms with Crippen molar-refractivity contribution in [2.45, 2.75) is 13.0 Å². The Labute approximate surface area is 104 Å². The van der Waals surface area contributed by atoms with Crippen molar-refractivity contribution in [2.75, 3.05) is 6.54 Å². The molecule has 0 radical (unpaired) electrons. The van der Waals surface area contributed by atoms with E-state index in [0.717, 1.165) is 13.0 Å². The SMILES string of the molecule is O=C(NCCCn1cccn1)c1ccc(F)nc1. The molecule has 18 heavy (non-hydrogen) atoms. The normalized spacial score (nSPS) is 10.3. The summed E-state index contributed by atoms with van der Waals surface area (Å²) in [6.45, 7) is 1.28. The van der Waals surface area contributed by atoms with Gasteiger partial charge < -0.3 is 5.32 Å². The molecule has 2 aromatic heterocycles. The molecule has 0 aliphatic carbocycles. The zero-order valence-corrected chi connectivity index (χ0v) is 9.71. The molecular formula is C12H13FN4O. The molecule has 5 nitrogen and oxygen atoms in total. The van der Waals surface area contributed by atoms with Gasteiger partial charge in [-0.3, -0.25) is 9.48 Å². The molecule has 1 N–H and O–H groups in total. The molecule has 2 aromatic rings. The molecular weight excluding hydrogens is 235 g/mol. The molecule has 2 rings (SSSR count). The number of nitrogens with zero attached hydrogens (tertiary/aromatic N) is 3. The molecule has 0 aliphatic heterocycles. The Kier molecular flexibility index (Phi) is 4.01. The third kappa shape index (κ3) is 3.38. The highest BCUT2D eigenvalue weighted by molar-refractivity contribution is 5.93. The fraction of sp³-hybridized carbons (Fsp3) is 0.250. The maximum atomic E-state index is 12.6. The van der Waals surface area contributed by atoms with Crippen LogP contribution in [-0.4, -0.2) is 27.2 Å². The highest BCUT2D eigenvalue weighted by Crippen LogP contribution is 1.98. The molecule has 0 saturated heterocycles. The van der Waals surface area contributed by atoms with E-state index in [1.807, 2.05) is 12.3 Å². The van der Waals surface area contributed by atoms with Crippen molar-refractivity contribution in [3.05, 3.63) is 48.3 Å². The fourth-order valence-electron chi connectivity index (χ4n) is 1.49. The number of halogens is 1. The predicted octanol–water partition coefficient (Wildman–Crippen LogP) is 1.24. The van der Waals surface area contributed by atoms with Gasteiger partial charge in [0.2, 0.25) is 5.95 Å². The van der Waals surface area contributed by atoms with Crippen LogP contribution in [-0.2, 0) is 6.54 Å². The summed E-state index contributed by atoms with van der Waals surface area (Å²) in [6.07, 6.45) is 5.58. The first kappa shape index (κ1) is 12.2. The third-order valence-electron chi connectivity index (χ3n) is 2.40. The summed E-state index contributed by atoms with van der Waals surface area (Å²) in [6, 6.07) is 4.42. The van der Waals surface area contributed by atoms with E-state index in [1.165, 1.54) is 18.3 Å². The van der Waals surface area contributed by atoms with E-state index in [2.05, 4.69) is 15.4 Å². The first-order valence-electron chi connectivity index (χ1n) is 5.63. The van der Waals surface area contributed by atoms with Crippen molar-refractivity contribution in [3.63, 3.8) is 0 Å². The molecule has 0 fully saturated rings. The van der Waals surface area contributed by atoms with Crippen molar-refractivity contribution in [1.29, 1.82) is 0 Å². The number of hydrogen-bond donors (Lipinski definition) is 1. The van der Waals surface area contributed by atoms with Gasteiger partial charge in [-0.25, -0.2) is 4.98 Å². The summed E-state index contributed by atoms with van der Waals surface area (Å²) in [4.78, 5) is 15.0. The second-order valence-corrected chi connectivity index (χ2v) is 3.75. The number of rotatable bonds is 5. The maximum absolute atomic E-state index is 12.6. The van der Waals surface area contributed by atoms with Crippen LogP contribution in [0, 0.1) is 5.95 Å². The number of pyridine rings is 1. The zero-order valence-electron chi connectivity index (χ0n) is 9.71. The highest BCUT2D eigenvalue weighted by Gasteiger charge is 2.05. The minimum atomic E-state index is -0.592. The fourth-order valence-corrected chi connectivity index (χ4v) is 1.49. The van der Waals surface area contributed by atoms with Crippen LogP contribution >= 0.6 is 0 Å². The van der Waals surface area contributed by atoms with Crippen molar-refractivity contribution >= 4 is 5.91 Å². The van der Waals surface area contributed by atoms with E-state index in [4.69, 9.17) is 0 Å². The number of aromatic nitrogens is 3. The molecule has 94 valence electrons. The van der Waals surface area contributed by atoms with Crippen molar-refractivity contribution in [3.8, 4) is 0 Å². The van der Waals surface area contributed by atoms with Gasteiger partial charge >= 0.3 is 0 Å². The molecule has 0 spiro atoms. The zero-order chi connectivity index (χ0) is 12.8. The number of nitrogens with one attached hydrogen (secondary N) is 1. The summed E-state index contributed by atoms with van der Waals surface area (Å²) in [5.41, 5.74) is 0.357. The quantitative estimate of drug-likeness (QED) is 0.639. The van der Waals surface area contributed by atoms with Gasteiger partial charge in [0, 0.05) is 31.7 Å². The van der Waals surface area contributed by atoms with E-state index in [0.29, 0.717) is 12.1 Å². The topological polar surface area (TPSA) is 59.8 Å². The summed E-state index contributed by atoms with van der Waals surface area (Å²) in [7, 11) is 0. The lowest BCUT2D eigenvalue weighted by molar-refractivity contribution is 0.0952. The molecule has 0 bridgehead atoms. The minimum Gasteiger partial charge on any atom is -0.352 e. The lowest BCUT2D eigenvalue weighted by atomic mass is 10.2. The van der Waals surface area contributed by atoms with Gasteiger partial charge in [0.1, 0.15) is 0 Å². The summed E-state index contributed by atoms with van der Waals surface area (Å²) in [5.74, 6) is -0.840. The summed E-state index contributed by atoms with van der Waals surface area (Å²) >= 11 is 0. The van der Waals surface area contributed by atoms with Crippen molar-refractivity contribution in [1.82, 2.24) is 20.1 Å². The first-order valence-corrected chi connectivity index (χ1v) is 5.63. The first-order chi connectivity index (χ1) is 8.75. The number of carbonyl (C=O) groups is 1. The van der Waals surface area contributed by atoms with Gasteiger partial charge in [0.15, 0.2) is 0 Å². The monoisotopic (exact) mass is 248 g/mol. The lowest BCUT2D eigenvalue weighted by Gasteiger charge is -2.05. The van der Waals surface area contributed by atoms with Crippen LogP contribution < -0.4 is 5.32 Å². The third-order valence-corrected chi connectivity index (χ3v) is 2.40. The Morgan fingerprint density at radius 3 is 3.00 bits per heavy atom. The van der Waals surface area contributed by atoms with Gasteiger partial charge in [0.25, 0.3) is 5.91 Å². The van der Waals surface area contributed by atoms with Crippen LogP contribution in [0.4, 0.5) is 4.39 Å². The van der Waals surface area contributed by atoms with Crippen molar-refractivity contribution < 1.29 is 9.18 Å². The van der Waals surface area contributed by atoms with E-state index in [-0.39, 0.29) is 5.91 Å². The second-order valence-electron chi connectivity index (χ2n) is 3.75. The van der Waals surface area contributed by atoms with Crippen LogP contribution in [0.2, 0.25) is 0 Å². The molecule has 0 saturated carbocycles. The Bertz CT molecular complexity index is 495. The van der Waals surface area contributed by atoms with Crippen LogP contribution in [0.25, 0.3) is 0 Å². The molecule has 0 aromatic carbocycles. The minimum absolute atomic E-state index is 0.247. The average Bonchev–Trinajstić information content (AvgIpc) is 2.88. The van der Waals surface area contributed by atoms with Gasteiger partial charge in [-0.2, -0.15) is 9.49 Å². The average molecular weight is 248 g/mol. The molecule has 0 unspecified atom stereocenters. The van der Waals surface area contributed by atoms with Gasteiger partial charge in [-0.05, 0) is 24.6 Å².